The number of likely N-dealkylation sites (tertiary alicyclic amines) is 2. The fraction of sp³-hybridized carbons (Fsp3) is 0.478. The number of ether oxygens (including phenoxy) is 2. The fourth-order valence-electron chi connectivity index (χ4n) is 4.81. The van der Waals surface area contributed by atoms with Crippen LogP contribution in [0, 0.1) is 5.41 Å². The Morgan fingerprint density at radius 3 is 2.62 bits per heavy atom. The molecule has 29 heavy (non-hydrogen) atoms. The summed E-state index contributed by atoms with van der Waals surface area (Å²) in [7, 11) is 3.29. The number of pyridine rings is 1. The van der Waals surface area contributed by atoms with Crippen LogP contribution in [0.2, 0.25) is 0 Å². The van der Waals surface area contributed by atoms with Crippen LogP contribution in [0.15, 0.2) is 42.7 Å². The average Bonchev–Trinajstić information content (AvgIpc) is 3.15. The van der Waals surface area contributed by atoms with Crippen molar-refractivity contribution in [3.8, 4) is 11.5 Å². The molecule has 0 radical (unpaired) electrons. The average molecular weight is 396 g/mol. The van der Waals surface area contributed by atoms with Crippen LogP contribution in [0.5, 0.6) is 11.5 Å². The molecule has 2 fully saturated rings. The van der Waals surface area contributed by atoms with E-state index in [1.807, 2.05) is 35.5 Å². The molecule has 1 aromatic carbocycles. The third-order valence-electron chi connectivity index (χ3n) is 6.26. The Balaban J connectivity index is 1.47. The molecule has 0 saturated carbocycles. The summed E-state index contributed by atoms with van der Waals surface area (Å²) in [4.78, 5) is 22.0. The van der Waals surface area contributed by atoms with Gasteiger partial charge in [-0.1, -0.05) is 12.1 Å². The van der Waals surface area contributed by atoms with Gasteiger partial charge >= 0.3 is 0 Å². The predicted octanol–water partition coefficient (Wildman–Crippen LogP) is 3.11. The van der Waals surface area contributed by atoms with E-state index in [-0.39, 0.29) is 11.3 Å². The Kier molecular flexibility index (Phi) is 5.72. The summed E-state index contributed by atoms with van der Waals surface area (Å²) in [5.41, 5.74) is 1.99. The van der Waals surface area contributed by atoms with Gasteiger partial charge < -0.3 is 14.4 Å². The van der Waals surface area contributed by atoms with Crippen LogP contribution < -0.4 is 9.47 Å². The quantitative estimate of drug-likeness (QED) is 0.752. The lowest BCUT2D eigenvalue weighted by Gasteiger charge is -2.39. The SMILES string of the molecule is COc1cccc(CN2CCCC3(CCN(Cc4ccncc4)C3)C2=O)c1OC. The van der Waals surface area contributed by atoms with Gasteiger partial charge in [-0.3, -0.25) is 14.7 Å². The minimum Gasteiger partial charge on any atom is -0.493 e. The van der Waals surface area contributed by atoms with Crippen molar-refractivity contribution in [2.45, 2.75) is 32.4 Å². The molecule has 2 aliphatic heterocycles. The van der Waals surface area contributed by atoms with Crippen LogP contribution in [-0.4, -0.2) is 54.5 Å². The Bertz CT molecular complexity index is 858. The molecule has 154 valence electrons. The molecular weight excluding hydrogens is 366 g/mol. The molecule has 6 heteroatoms. The van der Waals surface area contributed by atoms with E-state index in [9.17, 15) is 4.79 Å². The molecule has 0 N–H and O–H groups in total. The van der Waals surface area contributed by atoms with Gasteiger partial charge in [-0.2, -0.15) is 0 Å². The first-order valence-electron chi connectivity index (χ1n) is 10.3. The molecule has 2 aliphatic rings. The molecule has 3 heterocycles. The van der Waals surface area contributed by atoms with E-state index >= 15 is 0 Å². The third-order valence-corrected chi connectivity index (χ3v) is 6.26. The summed E-state index contributed by atoms with van der Waals surface area (Å²) in [6.45, 7) is 4.03. The zero-order chi connectivity index (χ0) is 20.3. The number of aromatic nitrogens is 1. The highest BCUT2D eigenvalue weighted by atomic mass is 16.5. The number of nitrogens with zero attached hydrogens (tertiary/aromatic N) is 3. The molecule has 1 spiro atoms. The molecule has 2 aromatic rings. The number of benzene rings is 1. The Morgan fingerprint density at radius 2 is 1.86 bits per heavy atom. The van der Waals surface area contributed by atoms with E-state index in [0.29, 0.717) is 18.0 Å². The van der Waals surface area contributed by atoms with Gasteiger partial charge in [-0.05, 0) is 49.6 Å². The van der Waals surface area contributed by atoms with E-state index in [1.165, 1.54) is 5.56 Å². The number of para-hydroxylation sites is 1. The highest BCUT2D eigenvalue weighted by molar-refractivity contribution is 5.84. The number of methoxy groups -OCH3 is 2. The van der Waals surface area contributed by atoms with Crippen LogP contribution >= 0.6 is 0 Å². The third kappa shape index (κ3) is 3.94. The second-order valence-electron chi connectivity index (χ2n) is 8.08. The Morgan fingerprint density at radius 1 is 1.03 bits per heavy atom. The predicted molar refractivity (Wildman–Crippen MR) is 111 cm³/mol. The second kappa shape index (κ2) is 8.41. The first-order chi connectivity index (χ1) is 14.1. The molecular formula is C23H29N3O3. The van der Waals surface area contributed by atoms with Crippen LogP contribution in [0.4, 0.5) is 0 Å². The van der Waals surface area contributed by atoms with Crippen molar-refractivity contribution in [1.82, 2.24) is 14.8 Å². The number of hydrogen-bond donors (Lipinski definition) is 0. The molecule has 0 aliphatic carbocycles. The van der Waals surface area contributed by atoms with Gasteiger partial charge in [-0.25, -0.2) is 0 Å². The molecule has 2 saturated heterocycles. The van der Waals surface area contributed by atoms with E-state index < -0.39 is 0 Å². The molecule has 1 atom stereocenters. The van der Waals surface area contributed by atoms with E-state index in [2.05, 4.69) is 22.0 Å². The Labute approximate surface area is 172 Å². The number of hydrogen-bond acceptors (Lipinski definition) is 5. The smallest absolute Gasteiger partial charge is 0.230 e. The summed E-state index contributed by atoms with van der Waals surface area (Å²) < 4.78 is 11.0. The van der Waals surface area contributed by atoms with Crippen LogP contribution in [0.3, 0.4) is 0 Å². The number of amides is 1. The minimum atomic E-state index is -0.253. The van der Waals surface area contributed by atoms with Gasteiger partial charge in [-0.15, -0.1) is 0 Å². The first kappa shape index (κ1) is 19.7. The van der Waals surface area contributed by atoms with Gasteiger partial charge in [0.25, 0.3) is 0 Å². The molecule has 1 unspecified atom stereocenters. The van der Waals surface area contributed by atoms with Gasteiger partial charge in [0.15, 0.2) is 11.5 Å². The first-order valence-corrected chi connectivity index (χ1v) is 10.3. The lowest BCUT2D eigenvalue weighted by atomic mass is 9.78. The molecule has 1 aromatic heterocycles. The van der Waals surface area contributed by atoms with Gasteiger partial charge in [0.05, 0.1) is 19.6 Å². The molecule has 1 amide bonds. The Hall–Kier alpha value is -2.60. The van der Waals surface area contributed by atoms with Crippen LogP contribution in [0.1, 0.15) is 30.4 Å². The van der Waals surface area contributed by atoms with Crippen molar-refractivity contribution >= 4 is 5.91 Å². The van der Waals surface area contributed by atoms with Crippen molar-refractivity contribution in [2.24, 2.45) is 5.41 Å². The molecule has 4 rings (SSSR count). The van der Waals surface area contributed by atoms with Crippen LogP contribution in [-0.2, 0) is 17.9 Å². The monoisotopic (exact) mass is 395 g/mol. The van der Waals surface area contributed by atoms with E-state index in [1.54, 1.807) is 14.2 Å². The standard InChI is InChI=1S/C23H29N3O3/c1-28-20-6-3-5-19(21(20)29-2)16-26-13-4-9-23(22(26)27)10-14-25(17-23)15-18-7-11-24-12-8-18/h3,5-8,11-12H,4,9-10,13-17H2,1-2H3. The maximum Gasteiger partial charge on any atom is 0.230 e. The maximum atomic E-state index is 13.5. The molecule has 0 bridgehead atoms. The maximum absolute atomic E-state index is 13.5. The van der Waals surface area contributed by atoms with Crippen molar-refractivity contribution in [3.63, 3.8) is 0 Å². The van der Waals surface area contributed by atoms with Gasteiger partial charge in [0.2, 0.25) is 5.91 Å². The molecule has 6 nitrogen and oxygen atoms in total. The number of piperidine rings is 1. The van der Waals surface area contributed by atoms with Crippen molar-refractivity contribution in [3.05, 3.63) is 53.9 Å². The summed E-state index contributed by atoms with van der Waals surface area (Å²) in [5.74, 6) is 1.70. The zero-order valence-electron chi connectivity index (χ0n) is 17.3. The second-order valence-corrected chi connectivity index (χ2v) is 8.08. The van der Waals surface area contributed by atoms with E-state index in [4.69, 9.17) is 9.47 Å². The fourth-order valence-corrected chi connectivity index (χ4v) is 4.81. The van der Waals surface area contributed by atoms with Gasteiger partial charge in [0, 0.05) is 44.1 Å². The number of carbonyl (C=O) groups is 1. The summed E-state index contributed by atoms with van der Waals surface area (Å²) >= 11 is 0. The largest absolute Gasteiger partial charge is 0.493 e. The number of carbonyl (C=O) groups excluding carboxylic acids is 1. The van der Waals surface area contributed by atoms with Crippen molar-refractivity contribution in [1.29, 1.82) is 0 Å². The van der Waals surface area contributed by atoms with Gasteiger partial charge in [0.1, 0.15) is 0 Å². The van der Waals surface area contributed by atoms with Crippen molar-refractivity contribution < 1.29 is 14.3 Å². The summed E-state index contributed by atoms with van der Waals surface area (Å²) in [5, 5.41) is 0. The number of rotatable bonds is 6. The lowest BCUT2D eigenvalue weighted by Crippen LogP contribution is -2.49. The minimum absolute atomic E-state index is 0.253. The highest BCUT2D eigenvalue weighted by Gasteiger charge is 2.48. The lowest BCUT2D eigenvalue weighted by molar-refractivity contribution is -0.146. The zero-order valence-corrected chi connectivity index (χ0v) is 17.3. The summed E-state index contributed by atoms with van der Waals surface area (Å²) in [6, 6.07) is 9.95. The van der Waals surface area contributed by atoms with Crippen LogP contribution in [0.25, 0.3) is 0 Å². The van der Waals surface area contributed by atoms with E-state index in [0.717, 1.165) is 51.0 Å². The highest BCUT2D eigenvalue weighted by Crippen LogP contribution is 2.41. The van der Waals surface area contributed by atoms with Crippen molar-refractivity contribution in [2.75, 3.05) is 33.9 Å². The summed E-state index contributed by atoms with van der Waals surface area (Å²) in [6.07, 6.45) is 6.61. The topological polar surface area (TPSA) is 54.9 Å². The normalized spacial score (nSPS) is 22.3.